The van der Waals surface area contributed by atoms with Gasteiger partial charge in [0.2, 0.25) is 0 Å². The van der Waals surface area contributed by atoms with E-state index in [0.29, 0.717) is 12.1 Å². The van der Waals surface area contributed by atoms with Crippen molar-refractivity contribution < 1.29 is 13.9 Å². The summed E-state index contributed by atoms with van der Waals surface area (Å²) >= 11 is 0. The number of amides is 1. The van der Waals surface area contributed by atoms with Gasteiger partial charge in [-0.2, -0.15) is 0 Å². The summed E-state index contributed by atoms with van der Waals surface area (Å²) in [6, 6.07) is 9.83. The van der Waals surface area contributed by atoms with Gasteiger partial charge in [0.05, 0.1) is 17.4 Å². The first kappa shape index (κ1) is 17.7. The van der Waals surface area contributed by atoms with Crippen LogP contribution in [0.3, 0.4) is 0 Å². The summed E-state index contributed by atoms with van der Waals surface area (Å²) in [6.45, 7) is 1.38. The molecule has 1 saturated heterocycles. The van der Waals surface area contributed by atoms with Crippen LogP contribution in [0.4, 0.5) is 4.39 Å². The Morgan fingerprint density at radius 2 is 2.04 bits per heavy atom. The third-order valence-electron chi connectivity index (χ3n) is 4.94. The van der Waals surface area contributed by atoms with E-state index in [1.807, 2.05) is 23.7 Å². The highest BCUT2D eigenvalue weighted by molar-refractivity contribution is 5.94. The Balaban J connectivity index is 1.53. The van der Waals surface area contributed by atoms with Crippen LogP contribution in [0.1, 0.15) is 29.6 Å². The lowest BCUT2D eigenvalue weighted by Crippen LogP contribution is -2.37. The van der Waals surface area contributed by atoms with Crippen LogP contribution < -0.4 is 0 Å². The van der Waals surface area contributed by atoms with Crippen LogP contribution in [0, 0.1) is 5.82 Å². The lowest BCUT2D eigenvalue weighted by molar-refractivity contribution is -0.000196. The smallest absolute Gasteiger partial charge is 0.255 e. The molecule has 1 aliphatic heterocycles. The van der Waals surface area contributed by atoms with E-state index in [4.69, 9.17) is 4.74 Å². The van der Waals surface area contributed by atoms with E-state index >= 15 is 0 Å². The highest BCUT2D eigenvalue weighted by Crippen LogP contribution is 2.20. The van der Waals surface area contributed by atoms with Gasteiger partial charge >= 0.3 is 0 Å². The predicted molar refractivity (Wildman–Crippen MR) is 101 cm³/mol. The van der Waals surface area contributed by atoms with Crippen LogP contribution in [0.2, 0.25) is 0 Å². The maximum Gasteiger partial charge on any atom is 0.255 e. The molecule has 140 valence electrons. The van der Waals surface area contributed by atoms with Gasteiger partial charge < -0.3 is 14.0 Å². The van der Waals surface area contributed by atoms with E-state index in [2.05, 4.69) is 4.98 Å². The van der Waals surface area contributed by atoms with E-state index in [0.717, 1.165) is 42.8 Å². The fourth-order valence-electron chi connectivity index (χ4n) is 3.44. The van der Waals surface area contributed by atoms with Gasteiger partial charge in [-0.15, -0.1) is 0 Å². The lowest BCUT2D eigenvalue weighted by atomic mass is 10.1. The lowest BCUT2D eigenvalue weighted by Gasteiger charge is -2.27. The quantitative estimate of drug-likeness (QED) is 0.705. The number of fused-ring (bicyclic) bond motifs is 1. The van der Waals surface area contributed by atoms with Crippen molar-refractivity contribution in [1.82, 2.24) is 14.3 Å². The maximum atomic E-state index is 13.1. The molecule has 5 nitrogen and oxygen atoms in total. The van der Waals surface area contributed by atoms with E-state index in [-0.39, 0.29) is 17.8 Å². The molecule has 0 unspecified atom stereocenters. The second-order valence-corrected chi connectivity index (χ2v) is 6.99. The predicted octanol–water partition coefficient (Wildman–Crippen LogP) is 3.78. The number of halogens is 1. The number of ether oxygens (including phenoxy) is 1. The minimum atomic E-state index is -0.277. The van der Waals surface area contributed by atoms with Gasteiger partial charge in [0.15, 0.2) is 0 Å². The molecule has 27 heavy (non-hydrogen) atoms. The van der Waals surface area contributed by atoms with Crippen LogP contribution in [-0.4, -0.2) is 46.5 Å². The first-order chi connectivity index (χ1) is 13.1. The molecule has 1 fully saturated rings. The topological polar surface area (TPSA) is 46.8 Å². The minimum absolute atomic E-state index is 0.0388. The standard InChI is InChI=1S/C21H22FN3O2/c1-24(13-18-4-2-3-11-27-18)21(26)16-7-10-20-23-19(14-25(20)12-16)15-5-8-17(22)9-6-15/h5-10,12,14,18H,2-4,11,13H2,1H3/t18-/m1/s1. The summed E-state index contributed by atoms with van der Waals surface area (Å²) in [7, 11) is 1.81. The third-order valence-corrected chi connectivity index (χ3v) is 4.94. The minimum Gasteiger partial charge on any atom is -0.376 e. The number of nitrogens with zero attached hydrogens (tertiary/aromatic N) is 3. The summed E-state index contributed by atoms with van der Waals surface area (Å²) in [4.78, 5) is 19.0. The van der Waals surface area contributed by atoms with Gasteiger partial charge in [-0.05, 0) is 55.7 Å². The van der Waals surface area contributed by atoms with Crippen molar-refractivity contribution >= 4 is 11.6 Å². The highest BCUT2D eigenvalue weighted by atomic mass is 19.1. The molecule has 0 N–H and O–H groups in total. The zero-order valence-electron chi connectivity index (χ0n) is 15.3. The molecule has 0 aliphatic carbocycles. The van der Waals surface area contributed by atoms with Crippen molar-refractivity contribution in [2.45, 2.75) is 25.4 Å². The van der Waals surface area contributed by atoms with Gasteiger partial charge in [-0.25, -0.2) is 9.37 Å². The zero-order valence-corrected chi connectivity index (χ0v) is 15.3. The Kier molecular flexibility index (Phi) is 4.90. The fraction of sp³-hybridized carbons (Fsp3) is 0.333. The van der Waals surface area contributed by atoms with Crippen molar-refractivity contribution in [2.24, 2.45) is 0 Å². The molecular formula is C21H22FN3O2. The molecule has 3 aromatic rings. The average Bonchev–Trinajstić information content (AvgIpc) is 3.12. The summed E-state index contributed by atoms with van der Waals surface area (Å²) in [6.07, 6.45) is 7.01. The van der Waals surface area contributed by atoms with E-state index < -0.39 is 0 Å². The molecule has 0 spiro atoms. The number of imidazole rings is 1. The summed E-state index contributed by atoms with van der Waals surface area (Å²) < 4.78 is 20.7. The molecule has 4 rings (SSSR count). The van der Waals surface area contributed by atoms with Gasteiger partial charge in [-0.1, -0.05) is 0 Å². The normalized spacial score (nSPS) is 17.2. The number of likely N-dealkylation sites (N-methyl/N-ethyl adjacent to an activating group) is 1. The van der Waals surface area contributed by atoms with Crippen LogP contribution in [-0.2, 0) is 4.74 Å². The first-order valence-electron chi connectivity index (χ1n) is 9.22. The number of benzene rings is 1. The Labute approximate surface area is 157 Å². The molecule has 3 heterocycles. The number of aromatic nitrogens is 2. The van der Waals surface area contributed by atoms with E-state index in [1.165, 1.54) is 12.1 Å². The van der Waals surface area contributed by atoms with Crippen molar-refractivity contribution in [3.8, 4) is 11.3 Å². The van der Waals surface area contributed by atoms with Crippen molar-refractivity contribution in [3.63, 3.8) is 0 Å². The summed E-state index contributed by atoms with van der Waals surface area (Å²) in [5, 5.41) is 0. The number of pyridine rings is 1. The molecule has 1 aromatic carbocycles. The molecule has 1 amide bonds. The molecule has 2 aromatic heterocycles. The molecule has 0 saturated carbocycles. The highest BCUT2D eigenvalue weighted by Gasteiger charge is 2.20. The zero-order chi connectivity index (χ0) is 18.8. The number of hydrogen-bond acceptors (Lipinski definition) is 3. The fourth-order valence-corrected chi connectivity index (χ4v) is 3.44. The van der Waals surface area contributed by atoms with Gasteiger partial charge in [-0.3, -0.25) is 4.79 Å². The number of hydrogen-bond donors (Lipinski definition) is 0. The Hall–Kier alpha value is -2.73. The third kappa shape index (κ3) is 3.85. The molecule has 1 atom stereocenters. The second-order valence-electron chi connectivity index (χ2n) is 6.99. The number of carbonyl (C=O) groups excluding carboxylic acids is 1. The molecule has 6 heteroatoms. The average molecular weight is 367 g/mol. The van der Waals surface area contributed by atoms with Crippen molar-refractivity contribution in [1.29, 1.82) is 0 Å². The Morgan fingerprint density at radius 3 is 2.78 bits per heavy atom. The van der Waals surface area contributed by atoms with E-state index in [1.54, 1.807) is 29.3 Å². The van der Waals surface area contributed by atoms with Crippen LogP contribution >= 0.6 is 0 Å². The Morgan fingerprint density at radius 1 is 1.22 bits per heavy atom. The second kappa shape index (κ2) is 7.48. The van der Waals surface area contributed by atoms with E-state index in [9.17, 15) is 9.18 Å². The van der Waals surface area contributed by atoms with Gasteiger partial charge in [0.1, 0.15) is 11.5 Å². The first-order valence-corrected chi connectivity index (χ1v) is 9.22. The maximum absolute atomic E-state index is 13.1. The van der Waals surface area contributed by atoms with Crippen LogP contribution in [0.5, 0.6) is 0 Å². The Bertz CT molecular complexity index is 946. The van der Waals surface area contributed by atoms with Gasteiger partial charge in [0.25, 0.3) is 5.91 Å². The number of carbonyl (C=O) groups is 1. The van der Waals surface area contributed by atoms with Crippen LogP contribution in [0.15, 0.2) is 48.8 Å². The molecular weight excluding hydrogens is 345 g/mol. The monoisotopic (exact) mass is 367 g/mol. The number of rotatable bonds is 4. The van der Waals surface area contributed by atoms with Crippen molar-refractivity contribution in [3.05, 3.63) is 60.2 Å². The van der Waals surface area contributed by atoms with Crippen molar-refractivity contribution in [2.75, 3.05) is 20.2 Å². The molecule has 1 aliphatic rings. The summed E-state index contributed by atoms with van der Waals surface area (Å²) in [5.74, 6) is -0.316. The molecule has 0 radical (unpaired) electrons. The van der Waals surface area contributed by atoms with Gasteiger partial charge in [0, 0.05) is 38.2 Å². The largest absolute Gasteiger partial charge is 0.376 e. The van der Waals surface area contributed by atoms with Crippen LogP contribution in [0.25, 0.3) is 16.9 Å². The molecule has 0 bridgehead atoms. The SMILES string of the molecule is CN(C[C@H]1CCCCO1)C(=O)c1ccc2nc(-c3ccc(F)cc3)cn2c1. The summed E-state index contributed by atoms with van der Waals surface area (Å²) in [5.41, 5.74) is 2.91.